The summed E-state index contributed by atoms with van der Waals surface area (Å²) in [5, 5.41) is 9.59. The zero-order valence-corrected chi connectivity index (χ0v) is 14.6. The van der Waals surface area contributed by atoms with Crippen LogP contribution in [0, 0.1) is 13.8 Å². The monoisotopic (exact) mass is 356 g/mol. The fraction of sp³-hybridized carbons (Fsp3) is 0.278. The number of amides is 2. The van der Waals surface area contributed by atoms with E-state index in [-0.39, 0.29) is 19.1 Å². The third-order valence-corrected chi connectivity index (χ3v) is 3.88. The summed E-state index contributed by atoms with van der Waals surface area (Å²) >= 11 is 0. The Hall–Kier alpha value is -3.29. The highest BCUT2D eigenvalue weighted by atomic mass is 16.3. The summed E-state index contributed by atoms with van der Waals surface area (Å²) in [6.07, 6.45) is 3.07. The van der Waals surface area contributed by atoms with Crippen LogP contribution in [0.5, 0.6) is 0 Å². The standard InChI is InChI=1S/C18H20N4O4/c1-12-9-13(2)22(21-12)15(16-6-4-8-26-16)11-20-18(24)17(23)19-10-14-5-3-7-25-14/h3-9,15H,10-11H2,1-2H3,(H,19,23)(H,20,24). The van der Waals surface area contributed by atoms with E-state index in [4.69, 9.17) is 8.83 Å². The Balaban J connectivity index is 1.63. The van der Waals surface area contributed by atoms with Crippen molar-refractivity contribution in [2.24, 2.45) is 0 Å². The van der Waals surface area contributed by atoms with Gasteiger partial charge in [-0.1, -0.05) is 0 Å². The molecule has 8 heteroatoms. The molecule has 0 aliphatic heterocycles. The van der Waals surface area contributed by atoms with Gasteiger partial charge >= 0.3 is 11.8 Å². The second kappa shape index (κ2) is 7.73. The molecule has 0 saturated heterocycles. The molecule has 3 aromatic rings. The Labute approximate surface area is 150 Å². The van der Waals surface area contributed by atoms with Crippen LogP contribution in [-0.4, -0.2) is 28.1 Å². The van der Waals surface area contributed by atoms with Crippen LogP contribution in [0.25, 0.3) is 0 Å². The topological polar surface area (TPSA) is 102 Å². The summed E-state index contributed by atoms with van der Waals surface area (Å²) in [6, 6.07) is 8.60. The highest BCUT2D eigenvalue weighted by Crippen LogP contribution is 2.20. The van der Waals surface area contributed by atoms with Gasteiger partial charge in [0.1, 0.15) is 17.6 Å². The lowest BCUT2D eigenvalue weighted by atomic mass is 10.2. The first-order valence-corrected chi connectivity index (χ1v) is 8.19. The quantitative estimate of drug-likeness (QED) is 0.655. The zero-order valence-electron chi connectivity index (χ0n) is 14.6. The number of nitrogens with zero attached hydrogens (tertiary/aromatic N) is 2. The van der Waals surface area contributed by atoms with Crippen LogP contribution < -0.4 is 10.6 Å². The van der Waals surface area contributed by atoms with Crippen molar-refractivity contribution in [2.45, 2.75) is 26.4 Å². The summed E-state index contributed by atoms with van der Waals surface area (Å²) in [7, 11) is 0. The first-order valence-electron chi connectivity index (χ1n) is 8.19. The maximum Gasteiger partial charge on any atom is 0.309 e. The number of carbonyl (C=O) groups excluding carboxylic acids is 2. The van der Waals surface area contributed by atoms with Crippen LogP contribution in [0.2, 0.25) is 0 Å². The molecule has 0 aliphatic rings. The zero-order chi connectivity index (χ0) is 18.5. The average molecular weight is 356 g/mol. The minimum atomic E-state index is -0.729. The highest BCUT2D eigenvalue weighted by Gasteiger charge is 2.22. The highest BCUT2D eigenvalue weighted by molar-refractivity contribution is 6.35. The van der Waals surface area contributed by atoms with Crippen LogP contribution in [0.1, 0.15) is 29.0 Å². The van der Waals surface area contributed by atoms with Gasteiger partial charge in [0.2, 0.25) is 0 Å². The number of hydrogen-bond acceptors (Lipinski definition) is 5. The van der Waals surface area contributed by atoms with E-state index in [2.05, 4.69) is 15.7 Å². The lowest BCUT2D eigenvalue weighted by molar-refractivity contribution is -0.139. The van der Waals surface area contributed by atoms with Gasteiger partial charge < -0.3 is 19.5 Å². The van der Waals surface area contributed by atoms with Crippen molar-refractivity contribution >= 4 is 11.8 Å². The molecule has 1 atom stereocenters. The number of aryl methyl sites for hydroxylation is 2. The number of hydrogen-bond donors (Lipinski definition) is 2. The minimum Gasteiger partial charge on any atom is -0.467 e. The number of carbonyl (C=O) groups is 2. The molecular weight excluding hydrogens is 336 g/mol. The summed E-state index contributed by atoms with van der Waals surface area (Å²) < 4.78 is 12.4. The first kappa shape index (κ1) is 17.5. The van der Waals surface area contributed by atoms with Crippen molar-refractivity contribution < 1.29 is 18.4 Å². The van der Waals surface area contributed by atoms with Gasteiger partial charge in [0, 0.05) is 12.2 Å². The lowest BCUT2D eigenvalue weighted by Crippen LogP contribution is -2.42. The maximum absolute atomic E-state index is 12.1. The average Bonchev–Trinajstić information content (AvgIpc) is 3.36. The summed E-state index contributed by atoms with van der Waals surface area (Å²) in [6.45, 7) is 4.14. The van der Waals surface area contributed by atoms with Crippen molar-refractivity contribution in [1.29, 1.82) is 0 Å². The van der Waals surface area contributed by atoms with E-state index in [1.165, 1.54) is 6.26 Å². The van der Waals surface area contributed by atoms with Gasteiger partial charge in [0.15, 0.2) is 0 Å². The predicted molar refractivity (Wildman–Crippen MR) is 92.1 cm³/mol. The van der Waals surface area contributed by atoms with E-state index in [0.717, 1.165) is 11.4 Å². The van der Waals surface area contributed by atoms with E-state index in [1.807, 2.05) is 26.0 Å². The fourth-order valence-corrected chi connectivity index (χ4v) is 2.68. The van der Waals surface area contributed by atoms with Gasteiger partial charge in [-0.15, -0.1) is 0 Å². The molecule has 3 rings (SSSR count). The SMILES string of the molecule is Cc1cc(C)n(C(CNC(=O)C(=O)NCc2ccco2)c2ccco2)n1. The second-order valence-electron chi connectivity index (χ2n) is 5.87. The number of rotatable bonds is 6. The van der Waals surface area contributed by atoms with Gasteiger partial charge in [-0.2, -0.15) is 5.10 Å². The molecule has 0 aromatic carbocycles. The Morgan fingerprint density at radius 3 is 2.46 bits per heavy atom. The van der Waals surface area contributed by atoms with E-state index < -0.39 is 11.8 Å². The molecule has 2 amide bonds. The Bertz CT molecular complexity index is 865. The Morgan fingerprint density at radius 1 is 1.12 bits per heavy atom. The van der Waals surface area contributed by atoms with Crippen LogP contribution in [0.3, 0.4) is 0 Å². The van der Waals surface area contributed by atoms with Gasteiger partial charge in [-0.05, 0) is 44.2 Å². The molecule has 2 N–H and O–H groups in total. The third-order valence-electron chi connectivity index (χ3n) is 3.88. The summed E-state index contributed by atoms with van der Waals surface area (Å²) in [5.74, 6) is -0.239. The Morgan fingerprint density at radius 2 is 1.85 bits per heavy atom. The normalized spacial score (nSPS) is 11.9. The van der Waals surface area contributed by atoms with E-state index in [1.54, 1.807) is 29.1 Å². The van der Waals surface area contributed by atoms with Crippen molar-refractivity contribution in [3.05, 3.63) is 65.8 Å². The molecular formula is C18H20N4O4. The van der Waals surface area contributed by atoms with Gasteiger partial charge in [-0.3, -0.25) is 14.3 Å². The molecule has 0 aliphatic carbocycles. The van der Waals surface area contributed by atoms with E-state index in [9.17, 15) is 9.59 Å². The van der Waals surface area contributed by atoms with Gasteiger partial charge in [-0.25, -0.2) is 0 Å². The summed E-state index contributed by atoms with van der Waals surface area (Å²) in [4.78, 5) is 24.0. The predicted octanol–water partition coefficient (Wildman–Crippen LogP) is 1.71. The maximum atomic E-state index is 12.1. The molecule has 0 spiro atoms. The third kappa shape index (κ3) is 4.02. The second-order valence-corrected chi connectivity index (χ2v) is 5.87. The largest absolute Gasteiger partial charge is 0.467 e. The molecule has 8 nitrogen and oxygen atoms in total. The Kier molecular flexibility index (Phi) is 5.21. The van der Waals surface area contributed by atoms with Gasteiger partial charge in [0.25, 0.3) is 0 Å². The van der Waals surface area contributed by atoms with Crippen molar-refractivity contribution in [3.63, 3.8) is 0 Å². The van der Waals surface area contributed by atoms with Crippen LogP contribution >= 0.6 is 0 Å². The molecule has 0 saturated carbocycles. The molecule has 0 radical (unpaired) electrons. The van der Waals surface area contributed by atoms with Crippen molar-refractivity contribution in [3.8, 4) is 0 Å². The molecule has 3 aromatic heterocycles. The van der Waals surface area contributed by atoms with Crippen molar-refractivity contribution in [1.82, 2.24) is 20.4 Å². The molecule has 0 fully saturated rings. The number of aromatic nitrogens is 2. The molecule has 136 valence electrons. The number of nitrogens with one attached hydrogen (secondary N) is 2. The summed E-state index contributed by atoms with van der Waals surface area (Å²) in [5.41, 5.74) is 1.79. The number of furan rings is 2. The molecule has 1 unspecified atom stereocenters. The fourth-order valence-electron chi connectivity index (χ4n) is 2.68. The molecule has 0 bridgehead atoms. The smallest absolute Gasteiger partial charge is 0.309 e. The van der Waals surface area contributed by atoms with Crippen molar-refractivity contribution in [2.75, 3.05) is 6.54 Å². The lowest BCUT2D eigenvalue weighted by Gasteiger charge is -2.17. The van der Waals surface area contributed by atoms with E-state index in [0.29, 0.717) is 11.5 Å². The van der Waals surface area contributed by atoms with E-state index >= 15 is 0 Å². The van der Waals surface area contributed by atoms with Crippen LogP contribution in [0.4, 0.5) is 0 Å². The minimum absolute atomic E-state index is 0.151. The molecule has 3 heterocycles. The van der Waals surface area contributed by atoms with Gasteiger partial charge in [0.05, 0.1) is 24.8 Å². The van der Waals surface area contributed by atoms with Crippen LogP contribution in [0.15, 0.2) is 51.7 Å². The molecule has 26 heavy (non-hydrogen) atoms. The first-order chi connectivity index (χ1) is 12.5. The van der Waals surface area contributed by atoms with Crippen LogP contribution in [-0.2, 0) is 16.1 Å².